The molecule has 0 bridgehead atoms. The van der Waals surface area contributed by atoms with Crippen molar-refractivity contribution in [3.63, 3.8) is 0 Å². The summed E-state index contributed by atoms with van der Waals surface area (Å²) in [5.41, 5.74) is 0. The van der Waals surface area contributed by atoms with E-state index in [1.165, 1.54) is 50.7 Å². The molecule has 3 nitrogen and oxygen atoms in total. The van der Waals surface area contributed by atoms with Crippen molar-refractivity contribution in [1.82, 2.24) is 0 Å². The number of rotatable bonds is 11. The molecule has 0 unspecified atom stereocenters. The fourth-order valence-corrected chi connectivity index (χ4v) is 2.31. The Hall–Kier alpha value is -1.58. The first kappa shape index (κ1) is 18.5. The summed E-state index contributed by atoms with van der Waals surface area (Å²) in [5.74, 6) is -1.45. The molecule has 124 valence electrons. The summed E-state index contributed by atoms with van der Waals surface area (Å²) in [4.78, 5) is 11.6. The fourth-order valence-electron chi connectivity index (χ4n) is 2.31. The second-order valence-corrected chi connectivity index (χ2v) is 5.67. The number of phenols is 1. The molecule has 0 spiro atoms. The first-order chi connectivity index (χ1) is 10.6. The molecule has 0 atom stereocenters. The Morgan fingerprint density at radius 1 is 1.05 bits per heavy atom. The molecule has 1 aromatic rings. The molecule has 0 fully saturated rings. The maximum Gasteiger partial charge on any atom is 0.311 e. The molecule has 1 N–H and O–H groups in total. The fraction of sp³-hybridized carbons (Fsp3) is 0.611. The molecule has 0 radical (unpaired) electrons. The monoisotopic (exact) mass is 310 g/mol. The zero-order valence-electron chi connectivity index (χ0n) is 13.4. The van der Waals surface area contributed by atoms with Gasteiger partial charge in [-0.15, -0.1) is 0 Å². The molecule has 0 amide bonds. The maximum atomic E-state index is 13.1. The van der Waals surface area contributed by atoms with Gasteiger partial charge >= 0.3 is 5.97 Å². The third-order valence-corrected chi connectivity index (χ3v) is 3.64. The number of aromatic hydroxyl groups is 1. The third-order valence-electron chi connectivity index (χ3n) is 3.64. The topological polar surface area (TPSA) is 46.5 Å². The second kappa shape index (κ2) is 11.0. The van der Waals surface area contributed by atoms with Gasteiger partial charge in [0.2, 0.25) is 0 Å². The van der Waals surface area contributed by atoms with Crippen LogP contribution in [0.1, 0.15) is 71.1 Å². The lowest BCUT2D eigenvalue weighted by Gasteiger charge is -2.05. The van der Waals surface area contributed by atoms with Gasteiger partial charge in [0, 0.05) is 12.5 Å². The summed E-state index contributed by atoms with van der Waals surface area (Å²) in [6.45, 7) is 2.21. The van der Waals surface area contributed by atoms with E-state index in [9.17, 15) is 9.18 Å². The molecule has 0 aliphatic heterocycles. The van der Waals surface area contributed by atoms with Crippen molar-refractivity contribution >= 4 is 5.97 Å². The molecular weight excluding hydrogens is 283 g/mol. The summed E-state index contributed by atoms with van der Waals surface area (Å²) in [6, 6.07) is 3.58. The molecule has 0 aromatic heterocycles. The van der Waals surface area contributed by atoms with Gasteiger partial charge in [-0.05, 0) is 18.6 Å². The number of carbonyl (C=O) groups is 1. The Bertz CT molecular complexity index is 446. The average Bonchev–Trinajstić information content (AvgIpc) is 2.49. The number of hydrogen-bond acceptors (Lipinski definition) is 3. The summed E-state index contributed by atoms with van der Waals surface area (Å²) < 4.78 is 18.1. The van der Waals surface area contributed by atoms with Crippen LogP contribution in [0.2, 0.25) is 0 Å². The summed E-state index contributed by atoms with van der Waals surface area (Å²) in [6.07, 6.45) is 11.0. The molecule has 0 saturated heterocycles. The minimum absolute atomic E-state index is 0.135. The van der Waals surface area contributed by atoms with E-state index in [4.69, 9.17) is 9.84 Å². The van der Waals surface area contributed by atoms with Gasteiger partial charge in [0.05, 0.1) is 0 Å². The van der Waals surface area contributed by atoms with Gasteiger partial charge < -0.3 is 9.84 Å². The normalized spacial score (nSPS) is 10.6. The van der Waals surface area contributed by atoms with E-state index < -0.39 is 11.6 Å². The smallest absolute Gasteiger partial charge is 0.311 e. The number of halogens is 1. The number of hydrogen-bond donors (Lipinski definition) is 1. The minimum atomic E-state index is -0.784. The number of ether oxygens (including phenoxy) is 1. The van der Waals surface area contributed by atoms with Crippen molar-refractivity contribution in [2.24, 2.45) is 0 Å². The average molecular weight is 310 g/mol. The zero-order chi connectivity index (χ0) is 16.2. The minimum Gasteiger partial charge on any atom is -0.505 e. The SMILES string of the molecule is CCCCCCCCCCCC(=O)Oc1ccc(O)c(F)c1. The van der Waals surface area contributed by atoms with Gasteiger partial charge in [-0.2, -0.15) is 0 Å². The summed E-state index contributed by atoms with van der Waals surface area (Å²) >= 11 is 0. The zero-order valence-corrected chi connectivity index (χ0v) is 13.4. The van der Waals surface area contributed by atoms with Crippen molar-refractivity contribution in [2.45, 2.75) is 71.1 Å². The Morgan fingerprint density at radius 2 is 1.64 bits per heavy atom. The van der Waals surface area contributed by atoms with Gasteiger partial charge in [-0.25, -0.2) is 4.39 Å². The highest BCUT2D eigenvalue weighted by molar-refractivity contribution is 5.72. The number of carbonyl (C=O) groups excluding carboxylic acids is 1. The van der Waals surface area contributed by atoms with Crippen LogP contribution in [0.25, 0.3) is 0 Å². The predicted octanol–water partition coefficient (Wildman–Crippen LogP) is 5.36. The van der Waals surface area contributed by atoms with E-state index in [-0.39, 0.29) is 11.7 Å². The molecule has 0 heterocycles. The highest BCUT2D eigenvalue weighted by Gasteiger charge is 2.07. The van der Waals surface area contributed by atoms with E-state index in [1.807, 2.05) is 0 Å². The van der Waals surface area contributed by atoms with Gasteiger partial charge in [0.25, 0.3) is 0 Å². The van der Waals surface area contributed by atoms with Crippen LogP contribution in [0.15, 0.2) is 18.2 Å². The quantitative estimate of drug-likeness (QED) is 0.340. The van der Waals surface area contributed by atoms with Crippen molar-refractivity contribution in [3.8, 4) is 11.5 Å². The molecular formula is C18H27FO3. The van der Waals surface area contributed by atoms with Crippen LogP contribution in [0, 0.1) is 5.82 Å². The van der Waals surface area contributed by atoms with Crippen molar-refractivity contribution in [2.75, 3.05) is 0 Å². The van der Waals surface area contributed by atoms with E-state index in [0.717, 1.165) is 25.3 Å². The first-order valence-electron chi connectivity index (χ1n) is 8.32. The number of unbranched alkanes of at least 4 members (excludes halogenated alkanes) is 8. The molecule has 22 heavy (non-hydrogen) atoms. The van der Waals surface area contributed by atoms with Gasteiger partial charge in [0.15, 0.2) is 11.6 Å². The molecule has 0 aliphatic rings. The van der Waals surface area contributed by atoms with Crippen LogP contribution in [0.3, 0.4) is 0 Å². The molecule has 1 rings (SSSR count). The Kier molecular flexibility index (Phi) is 9.28. The van der Waals surface area contributed by atoms with Crippen LogP contribution in [0.4, 0.5) is 4.39 Å². The van der Waals surface area contributed by atoms with Crippen LogP contribution < -0.4 is 4.74 Å². The Balaban J connectivity index is 2.05. The van der Waals surface area contributed by atoms with Crippen LogP contribution in [-0.4, -0.2) is 11.1 Å². The van der Waals surface area contributed by atoms with Gasteiger partial charge in [0.1, 0.15) is 5.75 Å². The Morgan fingerprint density at radius 3 is 2.23 bits per heavy atom. The van der Waals surface area contributed by atoms with E-state index in [1.54, 1.807) is 0 Å². The standard InChI is InChI=1S/C18H27FO3/c1-2-3-4-5-6-7-8-9-10-11-18(21)22-15-12-13-17(20)16(19)14-15/h12-14,20H,2-11H2,1H3. The lowest BCUT2D eigenvalue weighted by molar-refractivity contribution is -0.134. The molecule has 4 heteroatoms. The summed E-state index contributed by atoms with van der Waals surface area (Å²) in [5, 5.41) is 9.05. The van der Waals surface area contributed by atoms with E-state index >= 15 is 0 Å². The van der Waals surface area contributed by atoms with E-state index in [0.29, 0.717) is 6.42 Å². The molecule has 0 saturated carbocycles. The van der Waals surface area contributed by atoms with Crippen molar-refractivity contribution in [1.29, 1.82) is 0 Å². The highest BCUT2D eigenvalue weighted by Crippen LogP contribution is 2.21. The van der Waals surface area contributed by atoms with Crippen molar-refractivity contribution < 1.29 is 19.0 Å². The third kappa shape index (κ3) is 8.01. The number of benzene rings is 1. The van der Waals surface area contributed by atoms with Gasteiger partial charge in [-0.1, -0.05) is 58.3 Å². The largest absolute Gasteiger partial charge is 0.505 e. The molecule has 1 aromatic carbocycles. The van der Waals surface area contributed by atoms with E-state index in [2.05, 4.69) is 6.92 Å². The van der Waals surface area contributed by atoms with Crippen LogP contribution in [-0.2, 0) is 4.79 Å². The van der Waals surface area contributed by atoms with Crippen LogP contribution >= 0.6 is 0 Å². The predicted molar refractivity (Wildman–Crippen MR) is 85.5 cm³/mol. The lowest BCUT2D eigenvalue weighted by atomic mass is 10.1. The van der Waals surface area contributed by atoms with Crippen LogP contribution in [0.5, 0.6) is 11.5 Å². The number of phenolic OH excluding ortho intramolecular Hbond substituents is 1. The van der Waals surface area contributed by atoms with Crippen molar-refractivity contribution in [3.05, 3.63) is 24.0 Å². The Labute approximate surface area is 132 Å². The second-order valence-electron chi connectivity index (χ2n) is 5.67. The number of esters is 1. The summed E-state index contributed by atoms with van der Waals surface area (Å²) in [7, 11) is 0. The highest BCUT2D eigenvalue weighted by atomic mass is 19.1. The van der Waals surface area contributed by atoms with Gasteiger partial charge in [-0.3, -0.25) is 4.79 Å². The maximum absolute atomic E-state index is 13.1. The molecule has 0 aliphatic carbocycles. The first-order valence-corrected chi connectivity index (χ1v) is 8.32. The lowest BCUT2D eigenvalue weighted by Crippen LogP contribution is -2.07.